The minimum Gasteiger partial charge on any atom is -0.383 e. The first kappa shape index (κ1) is 12.1. The average molecular weight is 231 g/mol. The maximum absolute atomic E-state index is 5.75. The van der Waals surface area contributed by atoms with Crippen molar-refractivity contribution < 1.29 is 4.74 Å². The van der Waals surface area contributed by atoms with Crippen LogP contribution in [0.3, 0.4) is 0 Å². The highest BCUT2D eigenvalue weighted by molar-refractivity contribution is 6.18. The van der Waals surface area contributed by atoms with Crippen LogP contribution in [0.25, 0.3) is 0 Å². The van der Waals surface area contributed by atoms with Gasteiger partial charge >= 0.3 is 0 Å². The van der Waals surface area contributed by atoms with Crippen molar-refractivity contribution in [1.82, 2.24) is 15.2 Å². The van der Waals surface area contributed by atoms with Gasteiger partial charge in [0.2, 0.25) is 5.95 Å². The number of ether oxygens (including phenoxy) is 1. The number of methoxy groups -OCH3 is 1. The number of halogens is 1. The molecule has 1 rings (SSSR count). The van der Waals surface area contributed by atoms with Gasteiger partial charge < -0.3 is 10.1 Å². The van der Waals surface area contributed by atoms with Gasteiger partial charge in [-0.3, -0.25) is 0 Å². The van der Waals surface area contributed by atoms with E-state index in [2.05, 4.69) is 20.5 Å². The van der Waals surface area contributed by atoms with Gasteiger partial charge in [-0.25, -0.2) is 4.98 Å². The molecule has 1 aromatic heterocycles. The van der Waals surface area contributed by atoms with E-state index in [1.54, 1.807) is 7.11 Å². The van der Waals surface area contributed by atoms with Crippen LogP contribution in [0.4, 0.5) is 5.95 Å². The van der Waals surface area contributed by atoms with Gasteiger partial charge in [-0.05, 0) is 13.8 Å². The lowest BCUT2D eigenvalue weighted by atomic mass is 10.3. The standard InChI is InChI=1S/C9H15ClN4O/c1-6-7(2)13-14-9(11-6)12-8(4-10)5-15-3/h8H,4-5H2,1-3H3,(H,11,12,14). The van der Waals surface area contributed by atoms with Crippen molar-refractivity contribution in [2.75, 3.05) is 24.9 Å². The molecule has 6 heteroatoms. The van der Waals surface area contributed by atoms with Gasteiger partial charge in [0, 0.05) is 13.0 Å². The number of anilines is 1. The number of nitrogens with zero attached hydrogens (tertiary/aromatic N) is 3. The third-order valence-corrected chi connectivity index (χ3v) is 2.35. The van der Waals surface area contributed by atoms with Gasteiger partial charge in [-0.2, -0.15) is 5.10 Å². The predicted molar refractivity (Wildman–Crippen MR) is 59.3 cm³/mol. The summed E-state index contributed by atoms with van der Waals surface area (Å²) < 4.78 is 5.00. The Morgan fingerprint density at radius 2 is 2.07 bits per heavy atom. The van der Waals surface area contributed by atoms with Crippen LogP contribution in [0, 0.1) is 13.8 Å². The summed E-state index contributed by atoms with van der Waals surface area (Å²) in [5.41, 5.74) is 1.69. The summed E-state index contributed by atoms with van der Waals surface area (Å²) >= 11 is 5.75. The largest absolute Gasteiger partial charge is 0.383 e. The molecular formula is C9H15ClN4O. The Bertz CT molecular complexity index is 321. The van der Waals surface area contributed by atoms with E-state index in [1.807, 2.05) is 13.8 Å². The molecule has 0 spiro atoms. The van der Waals surface area contributed by atoms with Crippen LogP contribution in [0.2, 0.25) is 0 Å². The van der Waals surface area contributed by atoms with E-state index in [1.165, 1.54) is 0 Å². The van der Waals surface area contributed by atoms with Crippen molar-refractivity contribution >= 4 is 17.5 Å². The van der Waals surface area contributed by atoms with Gasteiger partial charge in [0.15, 0.2) is 0 Å². The summed E-state index contributed by atoms with van der Waals surface area (Å²) in [6.45, 7) is 4.27. The zero-order valence-corrected chi connectivity index (χ0v) is 9.88. The number of hydrogen-bond acceptors (Lipinski definition) is 5. The number of alkyl halides is 1. The average Bonchev–Trinajstić information content (AvgIpc) is 2.23. The lowest BCUT2D eigenvalue weighted by Gasteiger charge is -2.14. The number of nitrogens with one attached hydrogen (secondary N) is 1. The first-order valence-corrected chi connectivity index (χ1v) is 5.20. The third-order valence-electron chi connectivity index (χ3n) is 1.98. The molecule has 1 heterocycles. The van der Waals surface area contributed by atoms with E-state index in [9.17, 15) is 0 Å². The van der Waals surface area contributed by atoms with E-state index in [0.717, 1.165) is 11.4 Å². The highest BCUT2D eigenvalue weighted by Gasteiger charge is 2.09. The first-order valence-electron chi connectivity index (χ1n) is 4.66. The van der Waals surface area contributed by atoms with Crippen molar-refractivity contribution in [2.24, 2.45) is 0 Å². The maximum atomic E-state index is 5.75. The normalized spacial score (nSPS) is 12.5. The molecule has 1 N–H and O–H groups in total. The number of aromatic nitrogens is 3. The van der Waals surface area contributed by atoms with E-state index in [4.69, 9.17) is 16.3 Å². The molecule has 0 fully saturated rings. The van der Waals surface area contributed by atoms with Gasteiger partial charge in [-0.15, -0.1) is 16.7 Å². The van der Waals surface area contributed by atoms with Crippen LogP contribution in [-0.2, 0) is 4.74 Å². The minimum absolute atomic E-state index is 0.000530. The molecule has 0 aromatic carbocycles. The van der Waals surface area contributed by atoms with E-state index < -0.39 is 0 Å². The molecule has 0 bridgehead atoms. The smallest absolute Gasteiger partial charge is 0.243 e. The molecule has 1 aromatic rings. The van der Waals surface area contributed by atoms with Crippen LogP contribution in [0.5, 0.6) is 0 Å². The van der Waals surface area contributed by atoms with Crippen molar-refractivity contribution in [3.63, 3.8) is 0 Å². The Balaban J connectivity index is 2.66. The molecule has 0 amide bonds. The number of aryl methyl sites for hydroxylation is 2. The third kappa shape index (κ3) is 3.60. The summed E-state index contributed by atoms with van der Waals surface area (Å²) in [6.07, 6.45) is 0. The molecule has 15 heavy (non-hydrogen) atoms. The zero-order chi connectivity index (χ0) is 11.3. The van der Waals surface area contributed by atoms with Crippen molar-refractivity contribution in [1.29, 1.82) is 0 Å². The monoisotopic (exact) mass is 230 g/mol. The molecule has 1 unspecified atom stereocenters. The molecule has 84 valence electrons. The highest BCUT2D eigenvalue weighted by Crippen LogP contribution is 2.04. The van der Waals surface area contributed by atoms with Crippen molar-refractivity contribution in [3.05, 3.63) is 11.4 Å². The maximum Gasteiger partial charge on any atom is 0.243 e. The van der Waals surface area contributed by atoms with Crippen LogP contribution in [0.1, 0.15) is 11.4 Å². The Morgan fingerprint density at radius 1 is 1.33 bits per heavy atom. The van der Waals surface area contributed by atoms with E-state index in [-0.39, 0.29) is 6.04 Å². The molecule has 0 aliphatic rings. The van der Waals surface area contributed by atoms with Crippen LogP contribution in [-0.4, -0.2) is 40.8 Å². The summed E-state index contributed by atoms with van der Waals surface area (Å²) in [4.78, 5) is 4.24. The van der Waals surface area contributed by atoms with Crippen LogP contribution >= 0.6 is 11.6 Å². The van der Waals surface area contributed by atoms with Gasteiger partial charge in [-0.1, -0.05) is 0 Å². The van der Waals surface area contributed by atoms with Gasteiger partial charge in [0.05, 0.1) is 24.0 Å². The lowest BCUT2D eigenvalue weighted by molar-refractivity contribution is 0.191. The van der Waals surface area contributed by atoms with Crippen molar-refractivity contribution in [3.8, 4) is 0 Å². The Labute approximate surface area is 94.2 Å². The van der Waals surface area contributed by atoms with Crippen LogP contribution < -0.4 is 5.32 Å². The summed E-state index contributed by atoms with van der Waals surface area (Å²) in [7, 11) is 1.63. The topological polar surface area (TPSA) is 59.9 Å². The summed E-state index contributed by atoms with van der Waals surface area (Å²) in [6, 6.07) is 0.000530. The zero-order valence-electron chi connectivity index (χ0n) is 9.12. The second kappa shape index (κ2) is 5.82. The van der Waals surface area contributed by atoms with Crippen LogP contribution in [0.15, 0.2) is 0 Å². The second-order valence-corrected chi connectivity index (χ2v) is 3.57. The number of hydrogen-bond donors (Lipinski definition) is 1. The SMILES string of the molecule is COCC(CCl)Nc1nnc(C)c(C)n1. The molecule has 0 saturated heterocycles. The fourth-order valence-corrected chi connectivity index (χ4v) is 1.19. The lowest BCUT2D eigenvalue weighted by Crippen LogP contribution is -2.28. The molecule has 0 aliphatic carbocycles. The summed E-state index contributed by atoms with van der Waals surface area (Å²) in [5, 5.41) is 10.9. The molecule has 1 atom stereocenters. The van der Waals surface area contributed by atoms with Crippen molar-refractivity contribution in [2.45, 2.75) is 19.9 Å². The fourth-order valence-electron chi connectivity index (χ4n) is 1.03. The molecule has 0 radical (unpaired) electrons. The predicted octanol–water partition coefficient (Wildman–Crippen LogP) is 1.15. The molecule has 0 aliphatic heterocycles. The van der Waals surface area contributed by atoms with Gasteiger partial charge in [0.1, 0.15) is 0 Å². The Morgan fingerprint density at radius 3 is 2.60 bits per heavy atom. The molecule has 5 nitrogen and oxygen atoms in total. The minimum atomic E-state index is 0.000530. The molecule has 0 saturated carbocycles. The first-order chi connectivity index (χ1) is 7.17. The second-order valence-electron chi connectivity index (χ2n) is 3.26. The quantitative estimate of drug-likeness (QED) is 0.770. The Hall–Kier alpha value is -0.940. The van der Waals surface area contributed by atoms with E-state index in [0.29, 0.717) is 18.4 Å². The van der Waals surface area contributed by atoms with Gasteiger partial charge in [0.25, 0.3) is 0 Å². The van der Waals surface area contributed by atoms with E-state index >= 15 is 0 Å². The molecular weight excluding hydrogens is 216 g/mol. The highest BCUT2D eigenvalue weighted by atomic mass is 35.5. The number of rotatable bonds is 5. The Kier molecular flexibility index (Phi) is 4.71. The fraction of sp³-hybridized carbons (Fsp3) is 0.667. The summed E-state index contributed by atoms with van der Waals surface area (Å²) in [5.74, 6) is 0.921.